The molecule has 5 heteroatoms. The first-order valence-corrected chi connectivity index (χ1v) is 7.29. The summed E-state index contributed by atoms with van der Waals surface area (Å²) in [5.74, 6) is 0.306. The molecule has 0 bridgehead atoms. The fraction of sp³-hybridized carbons (Fsp3) is 0. The van der Waals surface area contributed by atoms with E-state index in [0.717, 1.165) is 22.2 Å². The maximum absolute atomic E-state index is 12.1. The summed E-state index contributed by atoms with van der Waals surface area (Å²) in [7, 11) is 0. The molecule has 2 aromatic carbocycles. The molecule has 3 N–H and O–H groups in total. The normalized spacial score (nSPS) is 15.7. The molecule has 0 radical (unpaired) electrons. The number of nitrogens with zero attached hydrogens (tertiary/aromatic N) is 1. The van der Waals surface area contributed by atoms with Crippen molar-refractivity contribution in [3.05, 3.63) is 71.9 Å². The molecule has 0 spiro atoms. The molecular weight excluding hydrogens is 288 g/mol. The van der Waals surface area contributed by atoms with E-state index in [2.05, 4.69) is 20.8 Å². The van der Waals surface area contributed by atoms with Gasteiger partial charge < -0.3 is 10.3 Å². The first kappa shape index (κ1) is 13.3. The van der Waals surface area contributed by atoms with Gasteiger partial charge in [-0.1, -0.05) is 36.4 Å². The van der Waals surface area contributed by atoms with Crippen LogP contribution in [-0.2, 0) is 4.79 Å². The monoisotopic (exact) mass is 302 g/mol. The Hall–Kier alpha value is -3.34. The zero-order chi connectivity index (χ0) is 15.6. The molecule has 0 saturated heterocycles. The van der Waals surface area contributed by atoms with Crippen LogP contribution in [-0.4, -0.2) is 16.7 Å². The van der Waals surface area contributed by atoms with Gasteiger partial charge in [0.2, 0.25) is 0 Å². The lowest BCUT2D eigenvalue weighted by molar-refractivity contribution is -0.116. The molecule has 1 aliphatic heterocycles. The molecule has 23 heavy (non-hydrogen) atoms. The van der Waals surface area contributed by atoms with Gasteiger partial charge in [-0.25, -0.2) is 5.43 Å². The number of hydrogen-bond acceptors (Lipinski definition) is 3. The number of aromatic amines is 1. The Morgan fingerprint density at radius 3 is 2.65 bits per heavy atom. The van der Waals surface area contributed by atoms with Crippen molar-refractivity contribution in [2.45, 2.75) is 0 Å². The molecule has 112 valence electrons. The third-order valence-electron chi connectivity index (χ3n) is 3.73. The highest BCUT2D eigenvalue weighted by Gasteiger charge is 2.23. The van der Waals surface area contributed by atoms with Crippen LogP contribution < -0.4 is 10.7 Å². The summed E-state index contributed by atoms with van der Waals surface area (Å²) >= 11 is 0. The van der Waals surface area contributed by atoms with E-state index in [9.17, 15) is 4.79 Å². The number of amidine groups is 1. The fourth-order valence-corrected chi connectivity index (χ4v) is 2.59. The van der Waals surface area contributed by atoms with Crippen molar-refractivity contribution in [1.29, 1.82) is 0 Å². The summed E-state index contributed by atoms with van der Waals surface area (Å²) in [6.07, 6.45) is 3.74. The summed E-state index contributed by atoms with van der Waals surface area (Å²) in [5.41, 5.74) is 5.89. The van der Waals surface area contributed by atoms with Gasteiger partial charge in [-0.15, -0.1) is 0 Å². The van der Waals surface area contributed by atoms with E-state index in [1.807, 2.05) is 66.9 Å². The van der Waals surface area contributed by atoms with Gasteiger partial charge in [0.05, 0.1) is 5.57 Å². The zero-order valence-electron chi connectivity index (χ0n) is 12.2. The Balaban J connectivity index is 1.71. The number of carbonyl (C=O) groups excluding carboxylic acids is 1. The number of benzene rings is 2. The van der Waals surface area contributed by atoms with Crippen LogP contribution in [0.25, 0.3) is 17.0 Å². The Labute approximate surface area is 132 Å². The topological polar surface area (TPSA) is 69.3 Å². The van der Waals surface area contributed by atoms with E-state index in [4.69, 9.17) is 0 Å². The van der Waals surface area contributed by atoms with Crippen LogP contribution in [0.4, 0.5) is 5.69 Å². The van der Waals surface area contributed by atoms with E-state index in [1.54, 1.807) is 0 Å². The predicted molar refractivity (Wildman–Crippen MR) is 91.9 cm³/mol. The second kappa shape index (κ2) is 5.46. The van der Waals surface area contributed by atoms with Gasteiger partial charge in [-0.2, -0.15) is 5.10 Å². The first-order chi connectivity index (χ1) is 11.3. The zero-order valence-corrected chi connectivity index (χ0v) is 12.2. The van der Waals surface area contributed by atoms with E-state index in [0.29, 0.717) is 11.4 Å². The number of hydrazone groups is 1. The summed E-state index contributed by atoms with van der Waals surface area (Å²) in [6, 6.07) is 17.6. The maximum Gasteiger partial charge on any atom is 0.275 e. The van der Waals surface area contributed by atoms with Crippen LogP contribution in [0, 0.1) is 0 Å². The van der Waals surface area contributed by atoms with Crippen LogP contribution in [0.3, 0.4) is 0 Å². The van der Waals surface area contributed by atoms with Crippen LogP contribution in [0.1, 0.15) is 5.56 Å². The molecule has 0 aliphatic carbocycles. The molecule has 4 rings (SSSR count). The van der Waals surface area contributed by atoms with Gasteiger partial charge >= 0.3 is 0 Å². The Morgan fingerprint density at radius 1 is 1.00 bits per heavy atom. The van der Waals surface area contributed by atoms with Crippen molar-refractivity contribution < 1.29 is 4.79 Å². The molecule has 2 heterocycles. The molecule has 5 nitrogen and oxygen atoms in total. The van der Waals surface area contributed by atoms with Crippen molar-refractivity contribution >= 4 is 34.4 Å². The molecular formula is C18H14N4O. The lowest BCUT2D eigenvalue weighted by Gasteiger charge is -2.05. The van der Waals surface area contributed by atoms with Gasteiger partial charge in [0, 0.05) is 28.4 Å². The largest absolute Gasteiger partial charge is 0.361 e. The van der Waals surface area contributed by atoms with E-state index in [1.165, 1.54) is 0 Å². The van der Waals surface area contributed by atoms with Gasteiger partial charge in [-0.05, 0) is 24.3 Å². The average Bonchev–Trinajstić information content (AvgIpc) is 3.15. The molecule has 1 aromatic heterocycles. The third-order valence-corrected chi connectivity index (χ3v) is 3.73. The van der Waals surface area contributed by atoms with E-state index in [-0.39, 0.29) is 5.91 Å². The number of nitrogens with one attached hydrogen (secondary N) is 3. The maximum atomic E-state index is 12.1. The van der Waals surface area contributed by atoms with E-state index < -0.39 is 0 Å². The van der Waals surface area contributed by atoms with Gasteiger partial charge in [0.15, 0.2) is 5.84 Å². The molecule has 1 amide bonds. The number of rotatable bonds is 2. The fourth-order valence-electron chi connectivity index (χ4n) is 2.59. The molecule has 3 aromatic rings. The van der Waals surface area contributed by atoms with Crippen molar-refractivity contribution in [2.75, 3.05) is 5.32 Å². The van der Waals surface area contributed by atoms with Crippen LogP contribution in [0.15, 0.2) is 71.5 Å². The highest BCUT2D eigenvalue weighted by molar-refractivity contribution is 6.30. The van der Waals surface area contributed by atoms with Crippen molar-refractivity contribution in [3.63, 3.8) is 0 Å². The Morgan fingerprint density at radius 2 is 1.78 bits per heavy atom. The van der Waals surface area contributed by atoms with Crippen molar-refractivity contribution in [3.8, 4) is 0 Å². The second-order valence-corrected chi connectivity index (χ2v) is 5.24. The van der Waals surface area contributed by atoms with Gasteiger partial charge in [-0.3, -0.25) is 4.79 Å². The van der Waals surface area contributed by atoms with Gasteiger partial charge in [0.25, 0.3) is 5.91 Å². The van der Waals surface area contributed by atoms with Crippen LogP contribution in [0.2, 0.25) is 0 Å². The van der Waals surface area contributed by atoms with Gasteiger partial charge in [0.1, 0.15) is 0 Å². The number of aromatic nitrogens is 1. The van der Waals surface area contributed by atoms with Crippen LogP contribution in [0.5, 0.6) is 0 Å². The minimum atomic E-state index is -0.214. The van der Waals surface area contributed by atoms with Crippen molar-refractivity contribution in [1.82, 2.24) is 10.4 Å². The molecule has 0 atom stereocenters. The number of fused-ring (bicyclic) bond motifs is 1. The minimum absolute atomic E-state index is 0.214. The standard InChI is InChI=1S/C18H14N4O/c23-18-15(10-12-11-19-16-9-5-4-8-14(12)16)17(21-22-18)20-13-6-2-1-3-7-13/h1-11,19H,(H,20,21)(H,22,23)/b15-10-. The number of anilines is 1. The number of H-pyrrole nitrogens is 1. The average molecular weight is 302 g/mol. The second-order valence-electron chi connectivity index (χ2n) is 5.24. The molecule has 0 saturated carbocycles. The highest BCUT2D eigenvalue weighted by atomic mass is 16.2. The predicted octanol–water partition coefficient (Wildman–Crippen LogP) is 3.11. The molecule has 0 fully saturated rings. The number of para-hydroxylation sites is 2. The number of hydrogen-bond donors (Lipinski definition) is 3. The lowest BCUT2D eigenvalue weighted by Crippen LogP contribution is -2.16. The van der Waals surface area contributed by atoms with E-state index >= 15 is 0 Å². The number of carbonyl (C=O) groups is 1. The molecule has 1 aliphatic rings. The summed E-state index contributed by atoms with van der Waals surface area (Å²) in [5, 5.41) is 8.32. The van der Waals surface area contributed by atoms with Crippen molar-refractivity contribution in [2.24, 2.45) is 5.10 Å². The summed E-state index contributed by atoms with van der Waals surface area (Å²) in [4.78, 5) is 15.3. The Kier molecular flexibility index (Phi) is 3.16. The highest BCUT2D eigenvalue weighted by Crippen LogP contribution is 2.22. The quantitative estimate of drug-likeness (QED) is 0.637. The SMILES string of the molecule is O=C1NN=C(Nc2ccccc2)/C1=C/c1c[nH]c2ccccc12. The smallest absolute Gasteiger partial charge is 0.275 e. The first-order valence-electron chi connectivity index (χ1n) is 7.29. The third kappa shape index (κ3) is 2.48. The van der Waals surface area contributed by atoms with Crippen LogP contribution >= 0.6 is 0 Å². The molecule has 0 unspecified atom stereocenters. The summed E-state index contributed by atoms with van der Waals surface area (Å²) < 4.78 is 0. The number of amides is 1. The summed E-state index contributed by atoms with van der Waals surface area (Å²) in [6.45, 7) is 0. The Bertz CT molecular complexity index is 938. The lowest BCUT2D eigenvalue weighted by atomic mass is 10.1. The minimum Gasteiger partial charge on any atom is -0.361 e.